The number of amides is 2. The molecular formula is C19H15BrN2O2S. The van der Waals surface area contributed by atoms with Crippen molar-refractivity contribution in [2.45, 2.75) is 6.54 Å². The number of nitrogens with two attached hydrogens (primary N) is 1. The van der Waals surface area contributed by atoms with Crippen LogP contribution in [0.15, 0.2) is 65.1 Å². The molecule has 0 aliphatic heterocycles. The molecule has 1 aromatic heterocycles. The number of halogens is 1. The summed E-state index contributed by atoms with van der Waals surface area (Å²) in [5.74, 6) is -0.622. The molecule has 0 aliphatic carbocycles. The van der Waals surface area contributed by atoms with Gasteiger partial charge >= 0.3 is 0 Å². The summed E-state index contributed by atoms with van der Waals surface area (Å²) < 4.78 is 1.02. The van der Waals surface area contributed by atoms with Gasteiger partial charge in [-0.1, -0.05) is 40.2 Å². The third-order valence-corrected chi connectivity index (χ3v) is 5.28. The fourth-order valence-electron chi connectivity index (χ4n) is 2.33. The summed E-state index contributed by atoms with van der Waals surface area (Å²) in [5, 5.41) is 2.87. The van der Waals surface area contributed by atoms with Gasteiger partial charge < -0.3 is 11.1 Å². The summed E-state index contributed by atoms with van der Waals surface area (Å²) in [6, 6.07) is 18.6. The van der Waals surface area contributed by atoms with Gasteiger partial charge in [0.1, 0.15) is 0 Å². The van der Waals surface area contributed by atoms with E-state index in [1.807, 2.05) is 42.5 Å². The second kappa shape index (κ2) is 7.63. The second-order valence-electron chi connectivity index (χ2n) is 5.42. The lowest BCUT2D eigenvalue weighted by Crippen LogP contribution is -2.22. The maximum absolute atomic E-state index is 12.3. The largest absolute Gasteiger partial charge is 0.366 e. The van der Waals surface area contributed by atoms with E-state index in [-0.39, 0.29) is 5.91 Å². The van der Waals surface area contributed by atoms with E-state index in [1.54, 1.807) is 18.2 Å². The topological polar surface area (TPSA) is 72.2 Å². The lowest BCUT2D eigenvalue weighted by Gasteiger charge is -2.05. The SMILES string of the molecule is NC(=O)c1cccc(CNC(=O)c2ccc(-c3ccc(Br)cc3)s2)c1. The molecule has 126 valence electrons. The molecule has 4 nitrogen and oxygen atoms in total. The lowest BCUT2D eigenvalue weighted by molar-refractivity contribution is 0.0954. The molecule has 0 atom stereocenters. The van der Waals surface area contributed by atoms with Crippen molar-refractivity contribution in [1.29, 1.82) is 0 Å². The number of carbonyl (C=O) groups excluding carboxylic acids is 2. The van der Waals surface area contributed by atoms with Crippen LogP contribution in [0.3, 0.4) is 0 Å². The zero-order chi connectivity index (χ0) is 17.8. The van der Waals surface area contributed by atoms with Gasteiger partial charge in [-0.3, -0.25) is 9.59 Å². The fraction of sp³-hybridized carbons (Fsp3) is 0.0526. The van der Waals surface area contributed by atoms with Crippen molar-refractivity contribution in [1.82, 2.24) is 5.32 Å². The number of carbonyl (C=O) groups is 2. The van der Waals surface area contributed by atoms with Crippen molar-refractivity contribution >= 4 is 39.1 Å². The molecule has 6 heteroatoms. The van der Waals surface area contributed by atoms with Gasteiger partial charge in [0.15, 0.2) is 0 Å². The maximum atomic E-state index is 12.3. The van der Waals surface area contributed by atoms with E-state index in [4.69, 9.17) is 5.73 Å². The fourth-order valence-corrected chi connectivity index (χ4v) is 3.53. The van der Waals surface area contributed by atoms with Crippen molar-refractivity contribution in [3.63, 3.8) is 0 Å². The number of rotatable bonds is 5. The number of nitrogens with one attached hydrogen (secondary N) is 1. The number of hydrogen-bond donors (Lipinski definition) is 2. The summed E-state index contributed by atoms with van der Waals surface area (Å²) in [4.78, 5) is 25.2. The highest BCUT2D eigenvalue weighted by atomic mass is 79.9. The second-order valence-corrected chi connectivity index (χ2v) is 7.42. The van der Waals surface area contributed by atoms with E-state index in [0.29, 0.717) is 17.0 Å². The molecule has 0 spiro atoms. The van der Waals surface area contributed by atoms with E-state index >= 15 is 0 Å². The van der Waals surface area contributed by atoms with Crippen molar-refractivity contribution in [3.05, 3.63) is 81.1 Å². The standard InChI is InChI=1S/C19H15BrN2O2S/c20-15-6-4-13(5-7-15)16-8-9-17(25-16)19(24)22-11-12-2-1-3-14(10-12)18(21)23/h1-10H,11H2,(H2,21,23)(H,22,24). The zero-order valence-corrected chi connectivity index (χ0v) is 15.6. The average molecular weight is 415 g/mol. The highest BCUT2D eigenvalue weighted by Crippen LogP contribution is 2.29. The highest BCUT2D eigenvalue weighted by Gasteiger charge is 2.10. The van der Waals surface area contributed by atoms with E-state index in [2.05, 4.69) is 21.2 Å². The maximum Gasteiger partial charge on any atom is 0.261 e. The molecule has 1 heterocycles. The first-order chi connectivity index (χ1) is 12.0. The minimum Gasteiger partial charge on any atom is -0.366 e. The van der Waals surface area contributed by atoms with Crippen LogP contribution in [0.5, 0.6) is 0 Å². The molecule has 0 radical (unpaired) electrons. The van der Waals surface area contributed by atoms with E-state index in [9.17, 15) is 9.59 Å². The molecule has 25 heavy (non-hydrogen) atoms. The van der Waals surface area contributed by atoms with E-state index in [1.165, 1.54) is 11.3 Å². The average Bonchev–Trinajstić information content (AvgIpc) is 3.10. The molecule has 3 N–H and O–H groups in total. The smallest absolute Gasteiger partial charge is 0.261 e. The van der Waals surface area contributed by atoms with Crippen molar-refractivity contribution in [2.24, 2.45) is 5.73 Å². The lowest BCUT2D eigenvalue weighted by atomic mass is 10.1. The Hall–Kier alpha value is -2.44. The van der Waals surface area contributed by atoms with Crippen LogP contribution in [-0.2, 0) is 6.54 Å². The Kier molecular flexibility index (Phi) is 5.31. The van der Waals surface area contributed by atoms with Gasteiger partial charge in [-0.15, -0.1) is 11.3 Å². The predicted octanol–water partition coefficient (Wildman–Crippen LogP) is 4.21. The third-order valence-electron chi connectivity index (χ3n) is 3.62. The summed E-state index contributed by atoms with van der Waals surface area (Å²) in [5.41, 5.74) is 7.60. The molecule has 0 fully saturated rings. The first-order valence-electron chi connectivity index (χ1n) is 7.55. The van der Waals surface area contributed by atoms with Crippen LogP contribution in [-0.4, -0.2) is 11.8 Å². The van der Waals surface area contributed by atoms with Gasteiger partial charge in [0.25, 0.3) is 5.91 Å². The predicted molar refractivity (Wildman–Crippen MR) is 104 cm³/mol. The van der Waals surface area contributed by atoms with Crippen molar-refractivity contribution in [3.8, 4) is 10.4 Å². The van der Waals surface area contributed by atoms with Crippen LogP contribution in [0.25, 0.3) is 10.4 Å². The summed E-state index contributed by atoms with van der Waals surface area (Å²) in [7, 11) is 0. The molecule has 0 saturated carbocycles. The van der Waals surface area contributed by atoms with Gasteiger partial charge in [0.2, 0.25) is 5.91 Å². The minimum absolute atomic E-state index is 0.141. The summed E-state index contributed by atoms with van der Waals surface area (Å²) in [6.07, 6.45) is 0. The quantitative estimate of drug-likeness (QED) is 0.656. The van der Waals surface area contributed by atoms with Gasteiger partial charge in [0, 0.05) is 21.5 Å². The highest BCUT2D eigenvalue weighted by molar-refractivity contribution is 9.10. The van der Waals surface area contributed by atoms with Gasteiger partial charge in [-0.25, -0.2) is 0 Å². The molecule has 2 amide bonds. The van der Waals surface area contributed by atoms with Crippen molar-refractivity contribution < 1.29 is 9.59 Å². The van der Waals surface area contributed by atoms with Crippen LogP contribution in [0, 0.1) is 0 Å². The zero-order valence-electron chi connectivity index (χ0n) is 13.2. The van der Waals surface area contributed by atoms with Crippen LogP contribution >= 0.6 is 27.3 Å². The molecule has 2 aromatic carbocycles. The van der Waals surface area contributed by atoms with Crippen LogP contribution in [0.1, 0.15) is 25.6 Å². The molecule has 3 rings (SSSR count). The number of hydrogen-bond acceptors (Lipinski definition) is 3. The van der Waals surface area contributed by atoms with Crippen LogP contribution in [0.4, 0.5) is 0 Å². The Morgan fingerprint density at radius 3 is 2.52 bits per heavy atom. The summed E-state index contributed by atoms with van der Waals surface area (Å²) >= 11 is 4.86. The minimum atomic E-state index is -0.481. The molecular weight excluding hydrogens is 400 g/mol. The van der Waals surface area contributed by atoms with Gasteiger partial charge in [-0.05, 0) is 47.5 Å². The number of benzene rings is 2. The Balaban J connectivity index is 1.67. The number of primary amides is 1. The van der Waals surface area contributed by atoms with E-state index in [0.717, 1.165) is 20.5 Å². The first kappa shape index (κ1) is 17.4. The summed E-state index contributed by atoms with van der Waals surface area (Å²) in [6.45, 7) is 0.339. The van der Waals surface area contributed by atoms with E-state index < -0.39 is 5.91 Å². The molecule has 3 aromatic rings. The third kappa shape index (κ3) is 4.35. The Labute approximate surface area is 157 Å². The van der Waals surface area contributed by atoms with Crippen molar-refractivity contribution in [2.75, 3.05) is 0 Å². The van der Waals surface area contributed by atoms with Crippen LogP contribution in [0.2, 0.25) is 0 Å². The Morgan fingerprint density at radius 1 is 1.04 bits per heavy atom. The van der Waals surface area contributed by atoms with Gasteiger partial charge in [0.05, 0.1) is 4.88 Å². The molecule has 0 saturated heterocycles. The molecule has 0 unspecified atom stereocenters. The molecule has 0 aliphatic rings. The van der Waals surface area contributed by atoms with Gasteiger partial charge in [-0.2, -0.15) is 0 Å². The normalized spacial score (nSPS) is 10.4. The number of thiophene rings is 1. The Morgan fingerprint density at radius 2 is 1.80 bits per heavy atom. The van der Waals surface area contributed by atoms with Crippen LogP contribution < -0.4 is 11.1 Å². The molecule has 0 bridgehead atoms. The Bertz CT molecular complexity index is 919. The monoisotopic (exact) mass is 414 g/mol. The first-order valence-corrected chi connectivity index (χ1v) is 9.16.